The summed E-state index contributed by atoms with van der Waals surface area (Å²) in [5.41, 5.74) is 0.481. The molecular weight excluding hydrogens is 318 g/mol. The fourth-order valence-corrected chi connectivity index (χ4v) is 1.81. The molecule has 1 atom stereocenters. The second-order valence-corrected chi connectivity index (χ2v) is 4.72. The van der Waals surface area contributed by atoms with E-state index in [0.717, 1.165) is 12.2 Å². The molecule has 2 rings (SSSR count). The molecule has 1 aliphatic rings. The molecule has 128 valence electrons. The molecule has 1 heterocycles. The summed E-state index contributed by atoms with van der Waals surface area (Å²) in [6.45, 7) is 3.39. The Kier molecular flexibility index (Phi) is 5.78. The smallest absolute Gasteiger partial charge is 0.331 e. The lowest BCUT2D eigenvalue weighted by molar-refractivity contribution is -0.148. The zero-order chi connectivity index (χ0) is 17.5. The van der Waals surface area contributed by atoms with Crippen molar-refractivity contribution in [1.29, 1.82) is 0 Å². The third-order valence-electron chi connectivity index (χ3n) is 2.94. The van der Waals surface area contributed by atoms with Crippen molar-refractivity contribution in [3.8, 4) is 11.5 Å². The van der Waals surface area contributed by atoms with Crippen molar-refractivity contribution < 1.29 is 33.3 Å². The highest BCUT2D eigenvalue weighted by atomic mass is 16.7. The molecule has 0 aliphatic carbocycles. The van der Waals surface area contributed by atoms with Gasteiger partial charge in [-0.15, -0.1) is 0 Å². The summed E-state index contributed by atoms with van der Waals surface area (Å²) < 4.78 is 19.9. The van der Waals surface area contributed by atoms with Crippen LogP contribution in [-0.4, -0.2) is 37.3 Å². The molecule has 0 spiro atoms. The van der Waals surface area contributed by atoms with Crippen molar-refractivity contribution in [2.75, 3.05) is 18.7 Å². The molecule has 1 aromatic carbocycles. The number of benzene rings is 1. The fraction of sp³-hybridized carbons (Fsp3) is 0.312. The van der Waals surface area contributed by atoms with E-state index in [2.05, 4.69) is 10.1 Å². The Balaban J connectivity index is 1.85. The topological polar surface area (TPSA) is 100 Å². The molecule has 0 fully saturated rings. The SMILES string of the molecule is CCOC(=O)/C=C/C(=O)O[C@H](C)C(=O)Nc1ccc2c(c1)OCO2. The maximum Gasteiger partial charge on any atom is 0.331 e. The molecule has 1 aliphatic heterocycles. The van der Waals surface area contributed by atoms with Crippen LogP contribution in [0.5, 0.6) is 11.5 Å². The van der Waals surface area contributed by atoms with E-state index >= 15 is 0 Å². The van der Waals surface area contributed by atoms with E-state index in [1.54, 1.807) is 25.1 Å². The van der Waals surface area contributed by atoms with Gasteiger partial charge in [-0.25, -0.2) is 9.59 Å². The summed E-state index contributed by atoms with van der Waals surface area (Å²) in [6, 6.07) is 4.91. The van der Waals surface area contributed by atoms with Gasteiger partial charge in [0.2, 0.25) is 6.79 Å². The monoisotopic (exact) mass is 335 g/mol. The molecule has 24 heavy (non-hydrogen) atoms. The predicted molar refractivity (Wildman–Crippen MR) is 82.5 cm³/mol. The van der Waals surface area contributed by atoms with Crippen LogP contribution >= 0.6 is 0 Å². The van der Waals surface area contributed by atoms with Crippen LogP contribution in [0.4, 0.5) is 5.69 Å². The quantitative estimate of drug-likeness (QED) is 0.619. The van der Waals surface area contributed by atoms with E-state index < -0.39 is 23.9 Å². The van der Waals surface area contributed by atoms with Gasteiger partial charge in [-0.2, -0.15) is 0 Å². The maximum absolute atomic E-state index is 12.0. The fourth-order valence-electron chi connectivity index (χ4n) is 1.81. The number of rotatable bonds is 6. The zero-order valence-electron chi connectivity index (χ0n) is 13.2. The van der Waals surface area contributed by atoms with Gasteiger partial charge in [0.1, 0.15) is 0 Å². The number of carbonyl (C=O) groups is 3. The molecule has 0 saturated heterocycles. The van der Waals surface area contributed by atoms with Crippen molar-refractivity contribution in [3.63, 3.8) is 0 Å². The minimum Gasteiger partial charge on any atom is -0.463 e. The Labute approximate surface area is 138 Å². The lowest BCUT2D eigenvalue weighted by atomic mass is 10.2. The molecule has 0 saturated carbocycles. The number of esters is 2. The number of nitrogens with one attached hydrogen (secondary N) is 1. The van der Waals surface area contributed by atoms with Gasteiger partial charge in [-0.3, -0.25) is 4.79 Å². The largest absolute Gasteiger partial charge is 0.463 e. The summed E-state index contributed by atoms with van der Waals surface area (Å²) >= 11 is 0. The Bertz CT molecular complexity index is 668. The summed E-state index contributed by atoms with van der Waals surface area (Å²) in [4.78, 5) is 34.6. The van der Waals surface area contributed by atoms with E-state index in [-0.39, 0.29) is 13.4 Å². The van der Waals surface area contributed by atoms with E-state index in [1.165, 1.54) is 6.92 Å². The van der Waals surface area contributed by atoms with Crippen molar-refractivity contribution in [3.05, 3.63) is 30.4 Å². The second kappa shape index (κ2) is 8.00. The van der Waals surface area contributed by atoms with Gasteiger partial charge >= 0.3 is 11.9 Å². The first-order chi connectivity index (χ1) is 11.5. The number of ether oxygens (including phenoxy) is 4. The van der Waals surface area contributed by atoms with Gasteiger partial charge in [0.05, 0.1) is 6.61 Å². The van der Waals surface area contributed by atoms with E-state index in [0.29, 0.717) is 17.2 Å². The first-order valence-electron chi connectivity index (χ1n) is 7.25. The number of hydrogen-bond acceptors (Lipinski definition) is 7. The van der Waals surface area contributed by atoms with E-state index in [4.69, 9.17) is 14.2 Å². The van der Waals surface area contributed by atoms with Crippen LogP contribution in [0.25, 0.3) is 0 Å². The standard InChI is InChI=1S/C16H17NO7/c1-3-21-14(18)6-7-15(19)24-10(2)16(20)17-11-4-5-12-13(8-11)23-9-22-12/h4-8,10H,3,9H2,1-2H3,(H,17,20)/b7-6+/t10-/m1/s1. The Morgan fingerprint density at radius 3 is 2.67 bits per heavy atom. The third-order valence-corrected chi connectivity index (χ3v) is 2.94. The zero-order valence-corrected chi connectivity index (χ0v) is 13.2. The van der Waals surface area contributed by atoms with Crippen LogP contribution < -0.4 is 14.8 Å². The summed E-state index contributed by atoms with van der Waals surface area (Å²) in [7, 11) is 0. The minimum absolute atomic E-state index is 0.132. The summed E-state index contributed by atoms with van der Waals surface area (Å²) in [5, 5.41) is 2.59. The third kappa shape index (κ3) is 4.73. The van der Waals surface area contributed by atoms with Crippen LogP contribution in [0, 0.1) is 0 Å². The number of carbonyl (C=O) groups excluding carboxylic acids is 3. The molecule has 0 bridgehead atoms. The predicted octanol–water partition coefficient (Wildman–Crippen LogP) is 1.40. The van der Waals surface area contributed by atoms with E-state index in [1.807, 2.05) is 0 Å². The van der Waals surface area contributed by atoms with Gasteiger partial charge in [0.15, 0.2) is 17.6 Å². The number of fused-ring (bicyclic) bond motifs is 1. The van der Waals surface area contributed by atoms with Crippen LogP contribution in [0.2, 0.25) is 0 Å². The summed E-state index contributed by atoms with van der Waals surface area (Å²) in [5.74, 6) is -0.888. The molecule has 1 aromatic rings. The molecule has 0 unspecified atom stereocenters. The molecule has 8 nitrogen and oxygen atoms in total. The van der Waals surface area contributed by atoms with Gasteiger partial charge < -0.3 is 24.3 Å². The van der Waals surface area contributed by atoms with Crippen molar-refractivity contribution in [2.45, 2.75) is 20.0 Å². The Morgan fingerprint density at radius 1 is 1.21 bits per heavy atom. The van der Waals surface area contributed by atoms with Crippen LogP contribution in [0.1, 0.15) is 13.8 Å². The number of amides is 1. The average molecular weight is 335 g/mol. The lowest BCUT2D eigenvalue weighted by Crippen LogP contribution is -2.29. The molecular formula is C16H17NO7. The molecule has 0 radical (unpaired) electrons. The van der Waals surface area contributed by atoms with Crippen LogP contribution in [-0.2, 0) is 23.9 Å². The second-order valence-electron chi connectivity index (χ2n) is 4.72. The average Bonchev–Trinajstić information content (AvgIpc) is 3.00. The highest BCUT2D eigenvalue weighted by Gasteiger charge is 2.19. The highest BCUT2D eigenvalue weighted by molar-refractivity contribution is 5.97. The normalized spacial score (nSPS) is 13.4. The molecule has 1 amide bonds. The Hall–Kier alpha value is -3.03. The highest BCUT2D eigenvalue weighted by Crippen LogP contribution is 2.34. The number of hydrogen-bond donors (Lipinski definition) is 1. The van der Waals surface area contributed by atoms with Crippen LogP contribution in [0.15, 0.2) is 30.4 Å². The first kappa shape index (κ1) is 17.3. The Morgan fingerprint density at radius 2 is 1.92 bits per heavy atom. The van der Waals surface area contributed by atoms with E-state index in [9.17, 15) is 14.4 Å². The first-order valence-corrected chi connectivity index (χ1v) is 7.25. The van der Waals surface area contributed by atoms with Crippen LogP contribution in [0.3, 0.4) is 0 Å². The van der Waals surface area contributed by atoms with Gasteiger partial charge in [0, 0.05) is 23.9 Å². The maximum atomic E-state index is 12.0. The van der Waals surface area contributed by atoms with Crippen molar-refractivity contribution in [1.82, 2.24) is 0 Å². The minimum atomic E-state index is -1.05. The van der Waals surface area contributed by atoms with Crippen molar-refractivity contribution >= 4 is 23.5 Å². The molecule has 1 N–H and O–H groups in total. The molecule has 0 aromatic heterocycles. The van der Waals surface area contributed by atoms with Gasteiger partial charge in [0.25, 0.3) is 5.91 Å². The van der Waals surface area contributed by atoms with Crippen molar-refractivity contribution in [2.24, 2.45) is 0 Å². The summed E-state index contributed by atoms with van der Waals surface area (Å²) in [6.07, 6.45) is 0.797. The lowest BCUT2D eigenvalue weighted by Gasteiger charge is -2.12. The van der Waals surface area contributed by atoms with Gasteiger partial charge in [-0.1, -0.05) is 0 Å². The number of anilines is 1. The molecule has 8 heteroatoms. The van der Waals surface area contributed by atoms with Gasteiger partial charge in [-0.05, 0) is 26.0 Å².